The van der Waals surface area contributed by atoms with Crippen molar-refractivity contribution in [3.8, 4) is 0 Å². The van der Waals surface area contributed by atoms with Gasteiger partial charge in [-0.25, -0.2) is 0 Å². The number of nitrogens with zero attached hydrogens (tertiary/aromatic N) is 1. The van der Waals surface area contributed by atoms with Crippen molar-refractivity contribution in [3.63, 3.8) is 0 Å². The summed E-state index contributed by atoms with van der Waals surface area (Å²) in [6.07, 6.45) is 0. The minimum Gasteiger partial charge on any atom is -0.384 e. The summed E-state index contributed by atoms with van der Waals surface area (Å²) in [6, 6.07) is 8.23. The highest BCUT2D eigenvalue weighted by Crippen LogP contribution is 2.13. The van der Waals surface area contributed by atoms with Crippen molar-refractivity contribution in [2.45, 2.75) is 6.92 Å². The van der Waals surface area contributed by atoms with Crippen LogP contribution in [0.25, 0.3) is 0 Å². The minimum absolute atomic E-state index is 0.797. The van der Waals surface area contributed by atoms with Crippen LogP contribution in [0.15, 0.2) is 28.7 Å². The van der Waals surface area contributed by atoms with Crippen LogP contribution in [0, 0.1) is 0 Å². The lowest BCUT2D eigenvalue weighted by Gasteiger charge is -2.17. The number of benzene rings is 1. The second-order valence-electron chi connectivity index (χ2n) is 3.93. The molecule has 0 saturated heterocycles. The number of nitrogens with one attached hydrogen (secondary N) is 1. The molecule has 17 heavy (non-hydrogen) atoms. The van der Waals surface area contributed by atoms with Gasteiger partial charge < -0.3 is 15.0 Å². The lowest BCUT2D eigenvalue weighted by Crippen LogP contribution is -2.28. The summed E-state index contributed by atoms with van der Waals surface area (Å²) in [6.45, 7) is 6.58. The Labute approximate surface area is 112 Å². The maximum atomic E-state index is 5.31. The largest absolute Gasteiger partial charge is 0.384 e. The third-order valence-corrected chi connectivity index (χ3v) is 3.02. The summed E-state index contributed by atoms with van der Waals surface area (Å²) in [7, 11) is 2.11. The molecule has 0 radical (unpaired) electrons. The van der Waals surface area contributed by atoms with E-state index in [1.54, 1.807) is 0 Å². The van der Waals surface area contributed by atoms with Gasteiger partial charge in [-0.15, -0.1) is 0 Å². The predicted molar refractivity (Wildman–Crippen MR) is 76.6 cm³/mol. The van der Waals surface area contributed by atoms with E-state index in [0.29, 0.717) is 0 Å². The van der Waals surface area contributed by atoms with Gasteiger partial charge in [0.2, 0.25) is 0 Å². The fourth-order valence-corrected chi connectivity index (χ4v) is 1.70. The molecule has 4 heteroatoms. The number of likely N-dealkylation sites (N-methyl/N-ethyl adjacent to an activating group) is 1. The van der Waals surface area contributed by atoms with Crippen LogP contribution in [0.2, 0.25) is 0 Å². The average molecular weight is 301 g/mol. The molecule has 1 rings (SSSR count). The van der Waals surface area contributed by atoms with Crippen LogP contribution in [-0.2, 0) is 4.74 Å². The Balaban J connectivity index is 2.12. The number of rotatable bonds is 8. The molecule has 0 unspecified atom stereocenters. The first-order chi connectivity index (χ1) is 8.22. The van der Waals surface area contributed by atoms with Crippen molar-refractivity contribution >= 4 is 21.6 Å². The first-order valence-corrected chi connectivity index (χ1v) is 6.77. The highest BCUT2D eigenvalue weighted by Gasteiger charge is 1.97. The zero-order valence-corrected chi connectivity index (χ0v) is 12.2. The highest BCUT2D eigenvalue weighted by atomic mass is 79.9. The third-order valence-electron chi connectivity index (χ3n) is 2.49. The summed E-state index contributed by atoms with van der Waals surface area (Å²) in [5, 5.41) is 3.39. The van der Waals surface area contributed by atoms with Crippen LogP contribution in [0.1, 0.15) is 6.92 Å². The molecule has 1 aromatic rings. The lowest BCUT2D eigenvalue weighted by molar-refractivity contribution is 0.123. The van der Waals surface area contributed by atoms with Gasteiger partial charge in [-0.2, -0.15) is 0 Å². The van der Waals surface area contributed by atoms with E-state index < -0.39 is 0 Å². The molecule has 1 aromatic carbocycles. The van der Waals surface area contributed by atoms with E-state index in [4.69, 9.17) is 4.74 Å². The van der Waals surface area contributed by atoms with E-state index in [1.165, 1.54) is 0 Å². The molecule has 3 nitrogen and oxygen atoms in total. The van der Waals surface area contributed by atoms with Gasteiger partial charge in [-0.05, 0) is 38.2 Å². The van der Waals surface area contributed by atoms with E-state index >= 15 is 0 Å². The van der Waals surface area contributed by atoms with Gasteiger partial charge >= 0.3 is 0 Å². The number of halogens is 1. The molecule has 0 aliphatic carbocycles. The summed E-state index contributed by atoms with van der Waals surface area (Å²) in [4.78, 5) is 2.27. The Morgan fingerprint density at radius 2 is 1.94 bits per heavy atom. The van der Waals surface area contributed by atoms with Crippen molar-refractivity contribution in [1.29, 1.82) is 0 Å². The third kappa shape index (κ3) is 6.66. The van der Waals surface area contributed by atoms with Crippen molar-refractivity contribution in [3.05, 3.63) is 28.7 Å². The maximum Gasteiger partial charge on any atom is 0.0593 e. The Kier molecular flexibility index (Phi) is 7.24. The molecule has 0 aromatic heterocycles. The van der Waals surface area contributed by atoms with Gasteiger partial charge in [0.05, 0.1) is 6.61 Å². The second kappa shape index (κ2) is 8.50. The quantitative estimate of drug-likeness (QED) is 0.747. The monoisotopic (exact) mass is 300 g/mol. The molecule has 0 spiro atoms. The summed E-state index contributed by atoms with van der Waals surface area (Å²) >= 11 is 3.42. The molecular weight excluding hydrogens is 280 g/mol. The molecule has 0 aliphatic heterocycles. The van der Waals surface area contributed by atoms with Gasteiger partial charge in [-0.3, -0.25) is 0 Å². The van der Waals surface area contributed by atoms with Crippen molar-refractivity contribution in [2.24, 2.45) is 0 Å². The Hall–Kier alpha value is -0.580. The van der Waals surface area contributed by atoms with Gasteiger partial charge in [0.1, 0.15) is 0 Å². The number of anilines is 1. The molecular formula is C13H21BrN2O. The van der Waals surface area contributed by atoms with Crippen molar-refractivity contribution in [1.82, 2.24) is 4.90 Å². The topological polar surface area (TPSA) is 24.5 Å². The van der Waals surface area contributed by atoms with Crippen LogP contribution in [0.3, 0.4) is 0 Å². The molecule has 0 bridgehead atoms. The van der Waals surface area contributed by atoms with E-state index in [9.17, 15) is 0 Å². The smallest absolute Gasteiger partial charge is 0.0593 e. The van der Waals surface area contributed by atoms with Gasteiger partial charge in [-0.1, -0.05) is 15.9 Å². The van der Waals surface area contributed by atoms with Crippen LogP contribution in [0.4, 0.5) is 5.69 Å². The van der Waals surface area contributed by atoms with Gasteiger partial charge in [0, 0.05) is 36.4 Å². The molecule has 0 amide bonds. The average Bonchev–Trinajstić information content (AvgIpc) is 2.32. The molecule has 0 saturated carbocycles. The zero-order chi connectivity index (χ0) is 12.5. The highest BCUT2D eigenvalue weighted by molar-refractivity contribution is 9.10. The minimum atomic E-state index is 0.797. The number of hydrogen-bond donors (Lipinski definition) is 1. The SMILES string of the molecule is CCOCCN(C)CCNc1ccc(Br)cc1. The van der Waals surface area contributed by atoms with Crippen LogP contribution in [0.5, 0.6) is 0 Å². The first kappa shape index (κ1) is 14.5. The Morgan fingerprint density at radius 1 is 1.24 bits per heavy atom. The normalized spacial score (nSPS) is 10.8. The summed E-state index contributed by atoms with van der Waals surface area (Å²) < 4.78 is 6.42. The van der Waals surface area contributed by atoms with Crippen LogP contribution < -0.4 is 5.32 Å². The Morgan fingerprint density at radius 3 is 2.59 bits per heavy atom. The number of ether oxygens (including phenoxy) is 1. The second-order valence-corrected chi connectivity index (χ2v) is 4.85. The molecule has 0 aliphatic rings. The fourth-order valence-electron chi connectivity index (χ4n) is 1.44. The molecule has 0 heterocycles. The molecule has 1 N–H and O–H groups in total. The van der Waals surface area contributed by atoms with E-state index in [-0.39, 0.29) is 0 Å². The predicted octanol–water partition coefficient (Wildman–Crippen LogP) is 2.83. The van der Waals surface area contributed by atoms with Crippen LogP contribution >= 0.6 is 15.9 Å². The molecule has 96 valence electrons. The van der Waals surface area contributed by atoms with E-state index in [1.807, 2.05) is 19.1 Å². The van der Waals surface area contributed by atoms with Gasteiger partial charge in [0.25, 0.3) is 0 Å². The summed E-state index contributed by atoms with van der Waals surface area (Å²) in [5.41, 5.74) is 1.16. The fraction of sp³-hybridized carbons (Fsp3) is 0.538. The lowest BCUT2D eigenvalue weighted by atomic mass is 10.3. The van der Waals surface area contributed by atoms with Crippen LogP contribution in [-0.4, -0.2) is 44.8 Å². The maximum absolute atomic E-state index is 5.31. The van der Waals surface area contributed by atoms with Crippen molar-refractivity contribution < 1.29 is 4.74 Å². The first-order valence-electron chi connectivity index (χ1n) is 5.98. The number of hydrogen-bond acceptors (Lipinski definition) is 3. The van der Waals surface area contributed by atoms with E-state index in [0.717, 1.165) is 43.0 Å². The van der Waals surface area contributed by atoms with Crippen molar-refractivity contribution in [2.75, 3.05) is 45.2 Å². The standard InChI is InChI=1S/C13H21BrN2O/c1-3-17-11-10-16(2)9-8-15-13-6-4-12(14)5-7-13/h4-7,15H,3,8-11H2,1-2H3. The van der Waals surface area contributed by atoms with E-state index in [2.05, 4.69) is 45.3 Å². The summed E-state index contributed by atoms with van der Waals surface area (Å²) in [5.74, 6) is 0. The molecule has 0 atom stereocenters. The molecule has 0 fully saturated rings. The van der Waals surface area contributed by atoms with Gasteiger partial charge in [0.15, 0.2) is 0 Å². The zero-order valence-electron chi connectivity index (χ0n) is 10.6. The Bertz CT molecular complexity index is 303.